The average Bonchev–Trinajstić information content (AvgIpc) is 3.00. The van der Waals surface area contributed by atoms with Gasteiger partial charge in [0.15, 0.2) is 0 Å². The van der Waals surface area contributed by atoms with Crippen LogP contribution in [0.3, 0.4) is 0 Å². The first-order valence-corrected chi connectivity index (χ1v) is 9.94. The van der Waals surface area contributed by atoms with Gasteiger partial charge in [-0.15, -0.1) is 0 Å². The Hall–Kier alpha value is -3.47. The molecule has 1 heterocycles. The zero-order valence-electron chi connectivity index (χ0n) is 15.5. The lowest BCUT2D eigenvalue weighted by atomic mass is 10.2. The van der Waals surface area contributed by atoms with Gasteiger partial charge in [0.1, 0.15) is 5.75 Å². The van der Waals surface area contributed by atoms with E-state index < -0.39 is 26.8 Å². The number of sulfonamides is 1. The third kappa shape index (κ3) is 3.90. The van der Waals surface area contributed by atoms with Crippen LogP contribution >= 0.6 is 0 Å². The number of hydrogen-bond donors (Lipinski definition) is 1. The summed E-state index contributed by atoms with van der Waals surface area (Å²) >= 11 is 0. The molecule has 1 saturated heterocycles. The molecular weight excluding hydrogens is 402 g/mol. The van der Waals surface area contributed by atoms with Crippen LogP contribution in [0.15, 0.2) is 41.3 Å². The maximum Gasteiger partial charge on any atom is 0.271 e. The number of nitro groups is 1. The number of amides is 2. The molecule has 1 aliphatic heterocycles. The van der Waals surface area contributed by atoms with E-state index in [1.807, 2.05) is 0 Å². The second-order valence-corrected chi connectivity index (χ2v) is 8.00. The maximum atomic E-state index is 12.9. The Morgan fingerprint density at radius 2 is 1.76 bits per heavy atom. The molecule has 0 unspecified atom stereocenters. The Labute approximate surface area is 166 Å². The molecule has 0 aliphatic carbocycles. The zero-order chi connectivity index (χ0) is 21.3. The minimum atomic E-state index is -4.17. The van der Waals surface area contributed by atoms with E-state index in [9.17, 15) is 28.1 Å². The molecule has 0 aromatic heterocycles. The van der Waals surface area contributed by atoms with Crippen LogP contribution in [-0.4, -0.2) is 32.3 Å². The van der Waals surface area contributed by atoms with Crippen molar-refractivity contribution >= 4 is 38.9 Å². The fraction of sp³-hybridized carbons (Fsp3) is 0.222. The summed E-state index contributed by atoms with van der Waals surface area (Å²) in [6.45, 7) is 1.60. The molecule has 2 aromatic rings. The molecule has 1 N–H and O–H groups in total. The van der Waals surface area contributed by atoms with Gasteiger partial charge in [-0.2, -0.15) is 0 Å². The molecular formula is C18H17N3O7S. The van der Waals surface area contributed by atoms with Gasteiger partial charge in [-0.05, 0) is 30.7 Å². The van der Waals surface area contributed by atoms with Gasteiger partial charge in [0, 0.05) is 25.0 Å². The van der Waals surface area contributed by atoms with Crippen molar-refractivity contribution in [2.24, 2.45) is 0 Å². The maximum absolute atomic E-state index is 12.9. The summed E-state index contributed by atoms with van der Waals surface area (Å²) in [6, 6.07) is 7.56. The number of hydrogen-bond acceptors (Lipinski definition) is 7. The lowest BCUT2D eigenvalue weighted by molar-refractivity contribution is -0.384. The zero-order valence-corrected chi connectivity index (χ0v) is 16.4. The highest BCUT2D eigenvalue weighted by atomic mass is 32.2. The number of ether oxygens (including phenoxy) is 1. The highest BCUT2D eigenvalue weighted by molar-refractivity contribution is 7.92. The molecule has 152 valence electrons. The van der Waals surface area contributed by atoms with Crippen molar-refractivity contribution in [3.05, 3.63) is 52.1 Å². The molecule has 2 amide bonds. The summed E-state index contributed by atoms with van der Waals surface area (Å²) in [5.74, 6) is -0.741. The minimum absolute atomic E-state index is 0.0265. The summed E-state index contributed by atoms with van der Waals surface area (Å²) in [7, 11) is -2.83. The van der Waals surface area contributed by atoms with E-state index in [4.69, 9.17) is 4.74 Å². The summed E-state index contributed by atoms with van der Waals surface area (Å²) in [5.41, 5.74) is 0.290. The van der Waals surface area contributed by atoms with Gasteiger partial charge in [-0.3, -0.25) is 24.4 Å². The Morgan fingerprint density at radius 3 is 2.34 bits per heavy atom. The molecule has 29 heavy (non-hydrogen) atoms. The van der Waals surface area contributed by atoms with Crippen molar-refractivity contribution < 1.29 is 27.7 Å². The number of nitro benzene ring substituents is 1. The number of aryl methyl sites for hydroxylation is 1. The lowest BCUT2D eigenvalue weighted by Gasteiger charge is -2.19. The van der Waals surface area contributed by atoms with Crippen LogP contribution in [0.1, 0.15) is 18.4 Å². The molecule has 0 radical (unpaired) electrons. The van der Waals surface area contributed by atoms with Crippen LogP contribution in [0, 0.1) is 17.0 Å². The van der Waals surface area contributed by atoms with Gasteiger partial charge in [-0.1, -0.05) is 6.07 Å². The topological polar surface area (TPSA) is 136 Å². The number of carbonyl (C=O) groups excluding carboxylic acids is 2. The number of anilines is 2. The van der Waals surface area contributed by atoms with Gasteiger partial charge >= 0.3 is 0 Å². The molecule has 1 aliphatic rings. The van der Waals surface area contributed by atoms with Crippen molar-refractivity contribution in [3.8, 4) is 5.75 Å². The Balaban J connectivity index is 2.03. The molecule has 2 aromatic carbocycles. The van der Waals surface area contributed by atoms with Crippen LogP contribution in [0.5, 0.6) is 5.75 Å². The van der Waals surface area contributed by atoms with Gasteiger partial charge in [0.25, 0.3) is 15.7 Å². The van der Waals surface area contributed by atoms with E-state index in [1.54, 1.807) is 6.92 Å². The SMILES string of the molecule is COc1ccc(S(=O)(=O)Nc2cc([N+](=O)[O-])ccc2C)cc1N1C(=O)CCC1=O. The number of rotatable bonds is 6. The van der Waals surface area contributed by atoms with Crippen LogP contribution in [0.4, 0.5) is 17.1 Å². The third-order valence-corrected chi connectivity index (χ3v) is 5.79. The normalized spacial score (nSPS) is 14.2. The van der Waals surface area contributed by atoms with Crippen LogP contribution in [0.2, 0.25) is 0 Å². The van der Waals surface area contributed by atoms with Crippen LogP contribution in [-0.2, 0) is 19.6 Å². The predicted octanol–water partition coefficient (Wildman–Crippen LogP) is 2.37. The quantitative estimate of drug-likeness (QED) is 0.431. The molecule has 0 saturated carbocycles. The van der Waals surface area contributed by atoms with E-state index in [2.05, 4.69) is 4.72 Å². The summed E-state index contributed by atoms with van der Waals surface area (Å²) in [6.07, 6.45) is 0.0637. The van der Waals surface area contributed by atoms with Gasteiger partial charge in [-0.25, -0.2) is 13.3 Å². The van der Waals surface area contributed by atoms with E-state index >= 15 is 0 Å². The fourth-order valence-corrected chi connectivity index (χ4v) is 4.04. The highest BCUT2D eigenvalue weighted by Gasteiger charge is 2.33. The Morgan fingerprint density at radius 1 is 1.10 bits per heavy atom. The predicted molar refractivity (Wildman–Crippen MR) is 103 cm³/mol. The standard InChI is InChI=1S/C18H17N3O7S/c1-11-3-4-12(21(24)25)9-14(11)19-29(26,27)13-5-6-16(28-2)15(10-13)20-17(22)7-8-18(20)23/h3-6,9-10,19H,7-8H2,1-2H3. The molecule has 1 fully saturated rings. The van der Waals surface area contributed by atoms with E-state index in [0.29, 0.717) is 5.56 Å². The smallest absolute Gasteiger partial charge is 0.271 e. The molecule has 0 bridgehead atoms. The number of methoxy groups -OCH3 is 1. The van der Waals surface area contributed by atoms with Gasteiger partial charge < -0.3 is 4.74 Å². The number of non-ortho nitro benzene ring substituents is 1. The van der Waals surface area contributed by atoms with Gasteiger partial charge in [0.2, 0.25) is 11.8 Å². The molecule has 3 rings (SSSR count). The number of nitrogens with one attached hydrogen (secondary N) is 1. The second kappa shape index (κ2) is 7.51. The van der Waals surface area contributed by atoms with Crippen molar-refractivity contribution in [2.75, 3.05) is 16.7 Å². The lowest BCUT2D eigenvalue weighted by Crippen LogP contribution is -2.29. The Bertz CT molecular complexity index is 1110. The molecule has 10 nitrogen and oxygen atoms in total. The fourth-order valence-electron chi connectivity index (χ4n) is 2.89. The number of carbonyl (C=O) groups is 2. The largest absolute Gasteiger partial charge is 0.495 e. The minimum Gasteiger partial charge on any atom is -0.495 e. The first-order valence-electron chi connectivity index (χ1n) is 8.45. The first kappa shape index (κ1) is 20.3. The third-order valence-electron chi connectivity index (χ3n) is 4.43. The Kier molecular flexibility index (Phi) is 5.25. The first-order chi connectivity index (χ1) is 13.6. The second-order valence-electron chi connectivity index (χ2n) is 6.32. The molecule has 0 spiro atoms. The summed E-state index contributed by atoms with van der Waals surface area (Å²) in [5, 5.41) is 11.0. The van der Waals surface area contributed by atoms with Crippen molar-refractivity contribution in [1.82, 2.24) is 0 Å². The van der Waals surface area contributed by atoms with E-state index in [0.717, 1.165) is 17.0 Å². The van der Waals surface area contributed by atoms with Crippen molar-refractivity contribution in [2.45, 2.75) is 24.7 Å². The van der Waals surface area contributed by atoms with Crippen molar-refractivity contribution in [1.29, 1.82) is 0 Å². The molecule has 11 heteroatoms. The summed E-state index contributed by atoms with van der Waals surface area (Å²) in [4.78, 5) is 35.2. The monoisotopic (exact) mass is 419 g/mol. The van der Waals surface area contributed by atoms with E-state index in [1.165, 1.54) is 31.4 Å². The van der Waals surface area contributed by atoms with Crippen LogP contribution in [0.25, 0.3) is 0 Å². The summed E-state index contributed by atoms with van der Waals surface area (Å²) < 4.78 is 33.2. The van der Waals surface area contributed by atoms with Gasteiger partial charge in [0.05, 0.1) is 28.3 Å². The average molecular weight is 419 g/mol. The number of imide groups is 1. The highest BCUT2D eigenvalue weighted by Crippen LogP contribution is 2.35. The number of benzene rings is 2. The number of nitrogens with zero attached hydrogens (tertiary/aromatic N) is 2. The van der Waals surface area contributed by atoms with E-state index in [-0.39, 0.29) is 40.5 Å². The van der Waals surface area contributed by atoms with Crippen LogP contribution < -0.4 is 14.4 Å². The molecule has 0 atom stereocenters. The van der Waals surface area contributed by atoms with Crippen molar-refractivity contribution in [3.63, 3.8) is 0 Å².